The third kappa shape index (κ3) is 2.57. The predicted octanol–water partition coefficient (Wildman–Crippen LogP) is 2.11. The van der Waals surface area contributed by atoms with E-state index in [2.05, 4.69) is 45.2 Å². The molecule has 20 heavy (non-hydrogen) atoms. The molecule has 0 amide bonds. The molecule has 0 unspecified atom stereocenters. The number of fused-ring (bicyclic) bond motifs is 1. The normalized spacial score (nSPS) is 11.1. The molecule has 0 aliphatic rings. The number of para-hydroxylation sites is 2. The van der Waals surface area contributed by atoms with Crippen molar-refractivity contribution in [1.82, 2.24) is 14.9 Å². The Morgan fingerprint density at radius 2 is 1.85 bits per heavy atom. The molecule has 4 heteroatoms. The monoisotopic (exact) mass is 267 g/mol. The van der Waals surface area contributed by atoms with Gasteiger partial charge in [0.1, 0.15) is 6.33 Å². The maximum absolute atomic E-state index is 8.74. The average molecular weight is 267 g/mol. The van der Waals surface area contributed by atoms with Crippen molar-refractivity contribution in [3.8, 4) is 5.69 Å². The number of benzene rings is 2. The molecule has 0 saturated heterocycles. The molecule has 0 bridgehead atoms. The Bertz CT molecular complexity index is 688. The molecule has 0 aliphatic heterocycles. The number of imidazole rings is 1. The molecule has 0 saturated carbocycles. The SMILES string of the molecule is OCCNCc1ccc(-n2cnc3ccccc32)cc1. The topological polar surface area (TPSA) is 50.1 Å². The fourth-order valence-electron chi connectivity index (χ4n) is 2.25. The van der Waals surface area contributed by atoms with Crippen molar-refractivity contribution in [2.24, 2.45) is 0 Å². The van der Waals surface area contributed by atoms with Crippen molar-refractivity contribution in [2.45, 2.75) is 6.54 Å². The largest absolute Gasteiger partial charge is 0.395 e. The van der Waals surface area contributed by atoms with E-state index in [9.17, 15) is 0 Å². The van der Waals surface area contributed by atoms with Gasteiger partial charge in [-0.1, -0.05) is 24.3 Å². The van der Waals surface area contributed by atoms with Crippen LogP contribution in [0.25, 0.3) is 16.7 Å². The second-order valence-corrected chi connectivity index (χ2v) is 4.67. The molecule has 2 aromatic carbocycles. The number of hydrogen-bond donors (Lipinski definition) is 2. The molecule has 102 valence electrons. The van der Waals surface area contributed by atoms with Gasteiger partial charge in [0.2, 0.25) is 0 Å². The van der Waals surface area contributed by atoms with E-state index in [1.165, 1.54) is 5.56 Å². The zero-order valence-corrected chi connectivity index (χ0v) is 11.2. The summed E-state index contributed by atoms with van der Waals surface area (Å²) in [5.41, 5.74) is 4.41. The Labute approximate surface area is 117 Å². The first kappa shape index (κ1) is 12.8. The van der Waals surface area contributed by atoms with Gasteiger partial charge in [0, 0.05) is 18.8 Å². The lowest BCUT2D eigenvalue weighted by molar-refractivity contribution is 0.292. The van der Waals surface area contributed by atoms with E-state index in [0.29, 0.717) is 6.54 Å². The number of rotatable bonds is 5. The molecule has 0 radical (unpaired) electrons. The van der Waals surface area contributed by atoms with E-state index in [1.807, 2.05) is 24.5 Å². The van der Waals surface area contributed by atoms with Crippen LogP contribution in [0.2, 0.25) is 0 Å². The van der Waals surface area contributed by atoms with Crippen molar-refractivity contribution in [2.75, 3.05) is 13.2 Å². The number of nitrogens with one attached hydrogen (secondary N) is 1. The van der Waals surface area contributed by atoms with Gasteiger partial charge in [0.15, 0.2) is 0 Å². The molecule has 1 aromatic heterocycles. The highest BCUT2D eigenvalue weighted by Gasteiger charge is 2.03. The predicted molar refractivity (Wildman–Crippen MR) is 79.9 cm³/mol. The van der Waals surface area contributed by atoms with Crippen molar-refractivity contribution in [3.63, 3.8) is 0 Å². The Hall–Kier alpha value is -2.17. The van der Waals surface area contributed by atoms with Crippen LogP contribution in [0.4, 0.5) is 0 Å². The Morgan fingerprint density at radius 3 is 2.65 bits per heavy atom. The van der Waals surface area contributed by atoms with Crippen LogP contribution in [0.1, 0.15) is 5.56 Å². The summed E-state index contributed by atoms with van der Waals surface area (Å²) in [4.78, 5) is 4.40. The van der Waals surface area contributed by atoms with Crippen LogP contribution in [0, 0.1) is 0 Å². The molecule has 0 spiro atoms. The summed E-state index contributed by atoms with van der Waals surface area (Å²) in [7, 11) is 0. The van der Waals surface area contributed by atoms with E-state index in [0.717, 1.165) is 23.3 Å². The molecule has 2 N–H and O–H groups in total. The van der Waals surface area contributed by atoms with Gasteiger partial charge in [0.25, 0.3) is 0 Å². The van der Waals surface area contributed by atoms with E-state index in [1.54, 1.807) is 0 Å². The van der Waals surface area contributed by atoms with Crippen molar-refractivity contribution in [3.05, 3.63) is 60.4 Å². The lowest BCUT2D eigenvalue weighted by Gasteiger charge is -2.07. The number of nitrogens with zero attached hydrogens (tertiary/aromatic N) is 2. The van der Waals surface area contributed by atoms with Gasteiger partial charge >= 0.3 is 0 Å². The average Bonchev–Trinajstić information content (AvgIpc) is 2.92. The summed E-state index contributed by atoms with van der Waals surface area (Å²) in [6, 6.07) is 16.5. The van der Waals surface area contributed by atoms with Crippen LogP contribution in [-0.4, -0.2) is 27.8 Å². The van der Waals surface area contributed by atoms with Gasteiger partial charge in [-0.3, -0.25) is 4.57 Å². The molecule has 3 rings (SSSR count). The number of aliphatic hydroxyl groups is 1. The first-order valence-corrected chi connectivity index (χ1v) is 6.71. The van der Waals surface area contributed by atoms with Crippen LogP contribution in [0.5, 0.6) is 0 Å². The van der Waals surface area contributed by atoms with Crippen LogP contribution in [0.3, 0.4) is 0 Å². The standard InChI is InChI=1S/C16H17N3O/c20-10-9-17-11-13-5-7-14(8-6-13)19-12-18-15-3-1-2-4-16(15)19/h1-8,12,17,20H,9-11H2. The summed E-state index contributed by atoms with van der Waals surface area (Å²) in [5.74, 6) is 0. The number of aromatic nitrogens is 2. The highest BCUT2D eigenvalue weighted by molar-refractivity contribution is 5.77. The Balaban J connectivity index is 1.84. The van der Waals surface area contributed by atoms with Gasteiger partial charge in [-0.25, -0.2) is 4.98 Å². The highest BCUT2D eigenvalue weighted by atomic mass is 16.3. The summed E-state index contributed by atoms with van der Waals surface area (Å²) < 4.78 is 2.08. The van der Waals surface area contributed by atoms with Gasteiger partial charge in [-0.15, -0.1) is 0 Å². The number of aliphatic hydroxyl groups excluding tert-OH is 1. The zero-order chi connectivity index (χ0) is 13.8. The minimum Gasteiger partial charge on any atom is -0.395 e. The molecule has 3 aromatic rings. The third-order valence-electron chi connectivity index (χ3n) is 3.29. The van der Waals surface area contributed by atoms with Crippen molar-refractivity contribution in [1.29, 1.82) is 0 Å². The van der Waals surface area contributed by atoms with Crippen LogP contribution < -0.4 is 5.32 Å². The maximum atomic E-state index is 8.74. The van der Waals surface area contributed by atoms with E-state index < -0.39 is 0 Å². The molecular formula is C16H17N3O. The fourth-order valence-corrected chi connectivity index (χ4v) is 2.25. The number of hydrogen-bond acceptors (Lipinski definition) is 3. The van der Waals surface area contributed by atoms with Gasteiger partial charge < -0.3 is 10.4 Å². The second kappa shape index (κ2) is 5.86. The summed E-state index contributed by atoms with van der Waals surface area (Å²) >= 11 is 0. The first-order valence-electron chi connectivity index (χ1n) is 6.71. The van der Waals surface area contributed by atoms with Crippen LogP contribution in [0.15, 0.2) is 54.9 Å². The minimum atomic E-state index is 0.166. The highest BCUT2D eigenvalue weighted by Crippen LogP contribution is 2.18. The first-order chi connectivity index (χ1) is 9.88. The minimum absolute atomic E-state index is 0.166. The molecule has 1 heterocycles. The molecule has 0 atom stereocenters. The van der Waals surface area contributed by atoms with Crippen LogP contribution >= 0.6 is 0 Å². The molecule has 0 fully saturated rings. The molecule has 4 nitrogen and oxygen atoms in total. The van der Waals surface area contributed by atoms with Gasteiger partial charge in [-0.05, 0) is 29.8 Å². The smallest absolute Gasteiger partial charge is 0.100 e. The Morgan fingerprint density at radius 1 is 1.05 bits per heavy atom. The lowest BCUT2D eigenvalue weighted by atomic mass is 10.2. The van der Waals surface area contributed by atoms with Gasteiger partial charge in [-0.2, -0.15) is 0 Å². The van der Waals surface area contributed by atoms with Gasteiger partial charge in [0.05, 0.1) is 17.6 Å². The maximum Gasteiger partial charge on any atom is 0.100 e. The fraction of sp³-hybridized carbons (Fsp3) is 0.188. The van der Waals surface area contributed by atoms with E-state index >= 15 is 0 Å². The summed E-state index contributed by atoms with van der Waals surface area (Å²) in [5, 5.41) is 11.9. The molecule has 0 aliphatic carbocycles. The summed E-state index contributed by atoms with van der Waals surface area (Å²) in [6.07, 6.45) is 1.85. The van der Waals surface area contributed by atoms with E-state index in [-0.39, 0.29) is 6.61 Å². The summed E-state index contributed by atoms with van der Waals surface area (Å²) in [6.45, 7) is 1.55. The lowest BCUT2D eigenvalue weighted by Crippen LogP contribution is -2.17. The van der Waals surface area contributed by atoms with Crippen molar-refractivity contribution >= 4 is 11.0 Å². The molecular weight excluding hydrogens is 250 g/mol. The van der Waals surface area contributed by atoms with E-state index in [4.69, 9.17) is 5.11 Å². The third-order valence-corrected chi connectivity index (χ3v) is 3.29. The van der Waals surface area contributed by atoms with Crippen LogP contribution in [-0.2, 0) is 6.54 Å². The second-order valence-electron chi connectivity index (χ2n) is 4.67. The zero-order valence-electron chi connectivity index (χ0n) is 11.2. The van der Waals surface area contributed by atoms with Crippen molar-refractivity contribution < 1.29 is 5.11 Å². The quantitative estimate of drug-likeness (QED) is 0.696. The Kier molecular flexibility index (Phi) is 3.76.